The highest BCUT2D eigenvalue weighted by Gasteiger charge is 2.25. The zero-order valence-electron chi connectivity index (χ0n) is 17.7. The van der Waals surface area contributed by atoms with Crippen LogP contribution < -0.4 is 10.0 Å². The number of amides is 1. The van der Waals surface area contributed by atoms with Crippen molar-refractivity contribution in [3.8, 4) is 0 Å². The van der Waals surface area contributed by atoms with Crippen LogP contribution in [0, 0.1) is 6.92 Å². The Morgan fingerprint density at radius 1 is 1.07 bits per heavy atom. The number of hydrogen-bond acceptors (Lipinski definition) is 5. The van der Waals surface area contributed by atoms with E-state index in [4.69, 9.17) is 4.74 Å². The number of nitrogens with one attached hydrogen (secondary N) is 2. The summed E-state index contributed by atoms with van der Waals surface area (Å²) in [5.41, 5.74) is 2.97. The van der Waals surface area contributed by atoms with Crippen LogP contribution >= 0.6 is 11.8 Å². The van der Waals surface area contributed by atoms with E-state index in [1.165, 1.54) is 0 Å². The lowest BCUT2D eigenvalue weighted by atomic mass is 10.1. The van der Waals surface area contributed by atoms with Crippen molar-refractivity contribution in [1.29, 1.82) is 0 Å². The van der Waals surface area contributed by atoms with Crippen molar-refractivity contribution >= 4 is 27.7 Å². The van der Waals surface area contributed by atoms with Crippen molar-refractivity contribution in [1.82, 2.24) is 10.0 Å². The van der Waals surface area contributed by atoms with Crippen molar-refractivity contribution < 1.29 is 17.9 Å². The van der Waals surface area contributed by atoms with E-state index in [-0.39, 0.29) is 10.8 Å². The van der Waals surface area contributed by atoms with Gasteiger partial charge in [0.25, 0.3) is 0 Å². The number of carbonyl (C=O) groups is 1. The Labute approximate surface area is 183 Å². The molecule has 0 bridgehead atoms. The second kappa shape index (κ2) is 12.1. The fourth-order valence-electron chi connectivity index (χ4n) is 2.74. The monoisotopic (exact) mass is 450 g/mol. The van der Waals surface area contributed by atoms with E-state index in [1.807, 2.05) is 44.4 Å². The summed E-state index contributed by atoms with van der Waals surface area (Å²) in [7, 11) is -3.78. The Kier molecular flexibility index (Phi) is 9.84. The summed E-state index contributed by atoms with van der Waals surface area (Å²) < 4.78 is 33.4. The fraction of sp³-hybridized carbons (Fsp3) is 0.409. The van der Waals surface area contributed by atoms with Crippen LogP contribution in [0.3, 0.4) is 0 Å². The largest absolute Gasteiger partial charge is 0.377 e. The predicted octanol–water partition coefficient (Wildman–Crippen LogP) is 3.25. The Morgan fingerprint density at radius 2 is 1.70 bits per heavy atom. The lowest BCUT2D eigenvalue weighted by molar-refractivity contribution is -0.122. The molecule has 1 amide bonds. The number of thioether (sulfide) groups is 1. The molecule has 0 saturated heterocycles. The van der Waals surface area contributed by atoms with Gasteiger partial charge in [-0.25, -0.2) is 8.42 Å². The van der Waals surface area contributed by atoms with Gasteiger partial charge in [-0.15, -0.1) is 0 Å². The van der Waals surface area contributed by atoms with Crippen molar-refractivity contribution in [2.45, 2.75) is 44.4 Å². The van der Waals surface area contributed by atoms with Gasteiger partial charge in [0, 0.05) is 13.2 Å². The van der Waals surface area contributed by atoms with Gasteiger partial charge in [-0.1, -0.05) is 42.0 Å². The van der Waals surface area contributed by atoms with Gasteiger partial charge in [-0.05, 0) is 55.5 Å². The summed E-state index contributed by atoms with van der Waals surface area (Å²) in [4.78, 5) is 12.9. The first-order valence-corrected chi connectivity index (χ1v) is 12.7. The summed E-state index contributed by atoms with van der Waals surface area (Å²) >= 11 is 1.57. The second-order valence-corrected chi connectivity index (χ2v) is 9.64. The molecule has 0 spiro atoms. The predicted molar refractivity (Wildman–Crippen MR) is 122 cm³/mol. The molecule has 0 aliphatic heterocycles. The van der Waals surface area contributed by atoms with E-state index in [9.17, 15) is 13.2 Å². The normalized spacial score (nSPS) is 12.5. The van der Waals surface area contributed by atoms with Gasteiger partial charge < -0.3 is 10.1 Å². The molecule has 8 heteroatoms. The Hall–Kier alpha value is -1.87. The molecule has 0 radical (unpaired) electrons. The van der Waals surface area contributed by atoms with Crippen molar-refractivity contribution in [3.05, 3.63) is 65.2 Å². The van der Waals surface area contributed by atoms with Crippen LogP contribution in [0.4, 0.5) is 0 Å². The fourth-order valence-corrected chi connectivity index (χ4v) is 4.44. The van der Waals surface area contributed by atoms with E-state index in [1.54, 1.807) is 36.0 Å². The van der Waals surface area contributed by atoms with Crippen LogP contribution in [0.15, 0.2) is 53.4 Å². The minimum absolute atomic E-state index is 0.153. The molecule has 0 aliphatic carbocycles. The van der Waals surface area contributed by atoms with E-state index in [0.29, 0.717) is 31.9 Å². The van der Waals surface area contributed by atoms with Gasteiger partial charge in [-0.2, -0.15) is 16.5 Å². The SMILES string of the molecule is CCOCc1ccc(CNC(=O)[C@@H](CCSC)NS(=O)(=O)c2ccc(C)cc2)cc1. The first kappa shape index (κ1) is 24.4. The first-order valence-electron chi connectivity index (χ1n) is 9.87. The lowest BCUT2D eigenvalue weighted by Crippen LogP contribution is -2.46. The molecule has 30 heavy (non-hydrogen) atoms. The minimum atomic E-state index is -3.78. The third-order valence-electron chi connectivity index (χ3n) is 4.52. The van der Waals surface area contributed by atoms with Gasteiger partial charge in [0.15, 0.2) is 0 Å². The first-order chi connectivity index (χ1) is 14.4. The molecule has 2 rings (SSSR count). The molecule has 0 saturated carbocycles. The average Bonchev–Trinajstić information content (AvgIpc) is 2.74. The van der Waals surface area contributed by atoms with E-state index in [2.05, 4.69) is 10.0 Å². The summed E-state index contributed by atoms with van der Waals surface area (Å²) in [5, 5.41) is 2.85. The summed E-state index contributed by atoms with van der Waals surface area (Å²) in [5.74, 6) is 0.332. The maximum Gasteiger partial charge on any atom is 0.241 e. The van der Waals surface area contributed by atoms with E-state index < -0.39 is 16.1 Å². The Morgan fingerprint density at radius 3 is 2.30 bits per heavy atom. The van der Waals surface area contributed by atoms with Crippen LogP contribution in [0.25, 0.3) is 0 Å². The van der Waals surface area contributed by atoms with Gasteiger partial charge in [-0.3, -0.25) is 4.79 Å². The van der Waals surface area contributed by atoms with Crippen LogP contribution in [-0.4, -0.2) is 39.0 Å². The Balaban J connectivity index is 2.01. The topological polar surface area (TPSA) is 84.5 Å². The second-order valence-electron chi connectivity index (χ2n) is 6.94. The molecule has 0 aliphatic rings. The van der Waals surface area contributed by atoms with Crippen LogP contribution in [0.1, 0.15) is 30.0 Å². The number of sulfonamides is 1. The maximum atomic E-state index is 12.7. The molecule has 2 aromatic rings. The summed E-state index contributed by atoms with van der Waals surface area (Å²) in [6.45, 7) is 5.39. The highest BCUT2D eigenvalue weighted by atomic mass is 32.2. The molecule has 6 nitrogen and oxygen atoms in total. The van der Waals surface area contributed by atoms with Crippen LogP contribution in [0.2, 0.25) is 0 Å². The molecular weight excluding hydrogens is 420 g/mol. The Bertz CT molecular complexity index is 898. The number of carbonyl (C=O) groups excluding carboxylic acids is 1. The van der Waals surface area contributed by atoms with Crippen molar-refractivity contribution in [2.24, 2.45) is 0 Å². The van der Waals surface area contributed by atoms with E-state index in [0.717, 1.165) is 16.7 Å². The molecule has 0 aromatic heterocycles. The van der Waals surface area contributed by atoms with Gasteiger partial charge >= 0.3 is 0 Å². The zero-order valence-corrected chi connectivity index (χ0v) is 19.3. The molecule has 0 fully saturated rings. The molecule has 164 valence electrons. The third kappa shape index (κ3) is 7.75. The minimum Gasteiger partial charge on any atom is -0.377 e. The lowest BCUT2D eigenvalue weighted by Gasteiger charge is -2.18. The van der Waals surface area contributed by atoms with Crippen LogP contribution in [0.5, 0.6) is 0 Å². The number of rotatable bonds is 12. The summed E-state index contributed by atoms with van der Waals surface area (Å²) in [6, 6.07) is 13.5. The molecule has 1 atom stereocenters. The average molecular weight is 451 g/mol. The number of aryl methyl sites for hydroxylation is 1. The smallest absolute Gasteiger partial charge is 0.241 e. The zero-order chi connectivity index (χ0) is 22.0. The maximum absolute atomic E-state index is 12.7. The molecule has 0 heterocycles. The van der Waals surface area contributed by atoms with Crippen molar-refractivity contribution in [3.63, 3.8) is 0 Å². The molecular formula is C22H30N2O4S2. The number of benzene rings is 2. The quantitative estimate of drug-likeness (QED) is 0.519. The standard InChI is InChI=1S/C22H30N2O4S2/c1-4-28-16-19-9-7-18(8-10-19)15-23-22(25)21(13-14-29-3)24-30(26,27)20-11-5-17(2)6-12-20/h5-12,21,24H,4,13-16H2,1-3H3,(H,23,25)/t21-/m1/s1. The van der Waals surface area contributed by atoms with Gasteiger partial charge in [0.1, 0.15) is 6.04 Å². The highest BCUT2D eigenvalue weighted by Crippen LogP contribution is 2.13. The van der Waals surface area contributed by atoms with Gasteiger partial charge in [0.2, 0.25) is 15.9 Å². The number of ether oxygens (including phenoxy) is 1. The number of hydrogen-bond donors (Lipinski definition) is 2. The molecule has 2 N–H and O–H groups in total. The highest BCUT2D eigenvalue weighted by molar-refractivity contribution is 7.98. The molecule has 2 aromatic carbocycles. The van der Waals surface area contributed by atoms with E-state index >= 15 is 0 Å². The summed E-state index contributed by atoms with van der Waals surface area (Å²) in [6.07, 6.45) is 2.33. The third-order valence-corrected chi connectivity index (χ3v) is 6.65. The molecule has 0 unspecified atom stereocenters. The van der Waals surface area contributed by atoms with Gasteiger partial charge in [0.05, 0.1) is 11.5 Å². The van der Waals surface area contributed by atoms with Crippen LogP contribution in [-0.2, 0) is 32.7 Å². The van der Waals surface area contributed by atoms with Crippen molar-refractivity contribution in [2.75, 3.05) is 18.6 Å².